The van der Waals surface area contributed by atoms with Gasteiger partial charge < -0.3 is 10.2 Å². The quantitative estimate of drug-likeness (QED) is 0.865. The zero-order chi connectivity index (χ0) is 12.6. The molecule has 5 heteroatoms. The fourth-order valence-electron chi connectivity index (χ4n) is 3.08. The lowest BCUT2D eigenvalue weighted by Crippen LogP contribution is -2.45. The lowest BCUT2D eigenvalue weighted by Gasteiger charge is -2.32. The molecule has 0 radical (unpaired) electrons. The monoisotopic (exact) mass is 300 g/mol. The zero-order valence-corrected chi connectivity index (χ0v) is 12.3. The van der Waals surface area contributed by atoms with E-state index in [1.165, 1.54) is 0 Å². The molecule has 104 valence electrons. The smallest absolute Gasteiger partial charge is 0.234 e. The molecule has 1 aromatic carbocycles. The molecule has 0 aromatic heterocycles. The highest BCUT2D eigenvalue weighted by Gasteiger charge is 2.47. The fourth-order valence-corrected chi connectivity index (χ4v) is 3.32. The van der Waals surface area contributed by atoms with Crippen LogP contribution in [0.5, 0.6) is 0 Å². The van der Waals surface area contributed by atoms with E-state index in [9.17, 15) is 4.79 Å². The first-order chi connectivity index (χ1) is 8.73. The van der Waals surface area contributed by atoms with Crippen molar-refractivity contribution in [2.24, 2.45) is 5.41 Å². The Labute approximate surface area is 124 Å². The average Bonchev–Trinajstić information content (AvgIpc) is 2.69. The van der Waals surface area contributed by atoms with Crippen molar-refractivity contribution in [3.05, 3.63) is 29.3 Å². The number of rotatable bonds is 1. The summed E-state index contributed by atoms with van der Waals surface area (Å²) in [5, 5.41) is 4.01. The Hall–Kier alpha value is -0.770. The van der Waals surface area contributed by atoms with Gasteiger partial charge >= 0.3 is 0 Å². The highest BCUT2D eigenvalue weighted by molar-refractivity contribution is 6.34. The van der Waals surface area contributed by atoms with Crippen LogP contribution < -0.4 is 10.2 Å². The fraction of sp³-hybridized carbons (Fsp3) is 0.500. The van der Waals surface area contributed by atoms with Gasteiger partial charge in [0.25, 0.3) is 0 Å². The van der Waals surface area contributed by atoms with Crippen LogP contribution in [0.3, 0.4) is 0 Å². The summed E-state index contributed by atoms with van der Waals surface area (Å²) in [6.07, 6.45) is 3.02. The van der Waals surface area contributed by atoms with E-state index in [2.05, 4.69) is 5.32 Å². The Morgan fingerprint density at radius 1 is 1.26 bits per heavy atom. The van der Waals surface area contributed by atoms with Gasteiger partial charge in [-0.15, -0.1) is 12.4 Å². The minimum absolute atomic E-state index is 0. The second-order valence-electron chi connectivity index (χ2n) is 5.22. The van der Waals surface area contributed by atoms with Gasteiger partial charge in [-0.05, 0) is 37.9 Å². The first-order valence-corrected chi connectivity index (χ1v) is 6.88. The molecular weight excluding hydrogens is 283 g/mol. The standard InChI is InChI=1S/C14H17ClN2O.ClH/c15-11-4-1-2-5-12(11)17-9-7-14(13(17)18)6-3-8-16-10-14;/h1-2,4-5,16H,3,6-10H2;1H/t14-;/m1./s1. The molecule has 2 heterocycles. The largest absolute Gasteiger partial charge is 0.316 e. The van der Waals surface area contributed by atoms with Crippen LogP contribution in [0.15, 0.2) is 24.3 Å². The number of piperidine rings is 1. The maximum atomic E-state index is 12.7. The molecule has 2 fully saturated rings. The third-order valence-electron chi connectivity index (χ3n) is 4.13. The number of benzene rings is 1. The third-order valence-corrected chi connectivity index (χ3v) is 4.45. The number of carbonyl (C=O) groups excluding carboxylic acids is 1. The van der Waals surface area contributed by atoms with Crippen molar-refractivity contribution in [1.29, 1.82) is 0 Å². The summed E-state index contributed by atoms with van der Waals surface area (Å²) in [5.74, 6) is 0.239. The molecule has 0 unspecified atom stereocenters. The normalized spacial score (nSPS) is 26.6. The van der Waals surface area contributed by atoms with Gasteiger partial charge in [-0.25, -0.2) is 0 Å². The molecule has 0 saturated carbocycles. The zero-order valence-electron chi connectivity index (χ0n) is 10.7. The minimum Gasteiger partial charge on any atom is -0.316 e. The van der Waals surface area contributed by atoms with Gasteiger partial charge in [0.1, 0.15) is 0 Å². The van der Waals surface area contributed by atoms with E-state index in [4.69, 9.17) is 11.6 Å². The van der Waals surface area contributed by atoms with Crippen LogP contribution in [0.1, 0.15) is 19.3 Å². The van der Waals surface area contributed by atoms with Crippen molar-refractivity contribution in [2.45, 2.75) is 19.3 Å². The molecule has 2 aliphatic rings. The number of hydrogen-bond donors (Lipinski definition) is 1. The number of nitrogens with one attached hydrogen (secondary N) is 1. The minimum atomic E-state index is -0.183. The first-order valence-electron chi connectivity index (χ1n) is 6.50. The van der Waals surface area contributed by atoms with Gasteiger partial charge in [0, 0.05) is 13.1 Å². The van der Waals surface area contributed by atoms with E-state index in [0.29, 0.717) is 5.02 Å². The molecule has 0 aliphatic carbocycles. The van der Waals surface area contributed by atoms with Gasteiger partial charge in [-0.1, -0.05) is 23.7 Å². The first kappa shape index (κ1) is 14.6. The summed E-state index contributed by atoms with van der Waals surface area (Å²) in [6, 6.07) is 7.59. The van der Waals surface area contributed by atoms with Gasteiger partial charge in [0.2, 0.25) is 5.91 Å². The van der Waals surface area contributed by atoms with Crippen molar-refractivity contribution >= 4 is 35.6 Å². The van der Waals surface area contributed by atoms with Gasteiger partial charge in [0.15, 0.2) is 0 Å². The van der Waals surface area contributed by atoms with Crippen LogP contribution in [0.2, 0.25) is 5.02 Å². The van der Waals surface area contributed by atoms with Crippen LogP contribution >= 0.6 is 24.0 Å². The van der Waals surface area contributed by atoms with Crippen molar-refractivity contribution in [1.82, 2.24) is 5.32 Å². The highest BCUT2D eigenvalue weighted by atomic mass is 35.5. The predicted octanol–water partition coefficient (Wildman–Crippen LogP) is 2.87. The van der Waals surface area contributed by atoms with Crippen LogP contribution in [0.4, 0.5) is 5.69 Å². The molecule has 3 nitrogen and oxygen atoms in total. The molecule has 0 bridgehead atoms. The lowest BCUT2D eigenvalue weighted by molar-refractivity contribution is -0.126. The maximum Gasteiger partial charge on any atom is 0.234 e. The number of para-hydroxylation sites is 1. The molecule has 1 aromatic rings. The van der Waals surface area contributed by atoms with E-state index in [0.717, 1.165) is 44.6 Å². The topological polar surface area (TPSA) is 32.3 Å². The molecule has 2 aliphatic heterocycles. The van der Waals surface area contributed by atoms with E-state index in [-0.39, 0.29) is 23.7 Å². The Morgan fingerprint density at radius 3 is 2.74 bits per heavy atom. The van der Waals surface area contributed by atoms with Crippen LogP contribution in [-0.2, 0) is 4.79 Å². The number of amides is 1. The summed E-state index contributed by atoms with van der Waals surface area (Å²) in [6.45, 7) is 2.62. The van der Waals surface area contributed by atoms with E-state index >= 15 is 0 Å². The Bertz CT molecular complexity index is 472. The van der Waals surface area contributed by atoms with E-state index < -0.39 is 0 Å². The molecular formula is C14H18Cl2N2O. The van der Waals surface area contributed by atoms with Crippen LogP contribution in [0, 0.1) is 5.41 Å². The second-order valence-corrected chi connectivity index (χ2v) is 5.63. The molecule has 1 N–H and O–H groups in total. The SMILES string of the molecule is Cl.O=C1N(c2ccccc2Cl)CC[C@@]12CCCNC2. The van der Waals surface area contributed by atoms with Gasteiger partial charge in [0.05, 0.1) is 16.1 Å². The van der Waals surface area contributed by atoms with Crippen molar-refractivity contribution in [3.63, 3.8) is 0 Å². The number of halogens is 2. The van der Waals surface area contributed by atoms with E-state index in [1.807, 2.05) is 29.2 Å². The molecule has 3 rings (SSSR count). The number of carbonyl (C=O) groups is 1. The Morgan fingerprint density at radius 2 is 2.05 bits per heavy atom. The number of nitrogens with zero attached hydrogens (tertiary/aromatic N) is 1. The molecule has 1 spiro atoms. The van der Waals surface area contributed by atoms with E-state index in [1.54, 1.807) is 0 Å². The molecule has 2 saturated heterocycles. The molecule has 1 atom stereocenters. The predicted molar refractivity (Wildman–Crippen MR) is 80.2 cm³/mol. The Balaban J connectivity index is 0.00000133. The summed E-state index contributed by atoms with van der Waals surface area (Å²) in [7, 11) is 0. The lowest BCUT2D eigenvalue weighted by atomic mass is 9.79. The maximum absolute atomic E-state index is 12.7. The number of anilines is 1. The Kier molecular flexibility index (Phi) is 4.39. The third kappa shape index (κ3) is 2.47. The summed E-state index contributed by atoms with van der Waals surface area (Å²) in [5.41, 5.74) is 0.670. The summed E-state index contributed by atoms with van der Waals surface area (Å²) in [4.78, 5) is 14.5. The van der Waals surface area contributed by atoms with Crippen molar-refractivity contribution < 1.29 is 4.79 Å². The summed E-state index contributed by atoms with van der Waals surface area (Å²) >= 11 is 6.19. The average molecular weight is 301 g/mol. The van der Waals surface area contributed by atoms with Gasteiger partial charge in [-0.2, -0.15) is 0 Å². The summed E-state index contributed by atoms with van der Waals surface area (Å²) < 4.78 is 0. The highest BCUT2D eigenvalue weighted by Crippen LogP contribution is 2.41. The second kappa shape index (κ2) is 5.70. The number of hydrogen-bond acceptors (Lipinski definition) is 2. The van der Waals surface area contributed by atoms with Crippen molar-refractivity contribution in [3.8, 4) is 0 Å². The van der Waals surface area contributed by atoms with Crippen LogP contribution in [0.25, 0.3) is 0 Å². The molecule has 19 heavy (non-hydrogen) atoms. The molecule has 1 amide bonds. The van der Waals surface area contributed by atoms with Crippen molar-refractivity contribution in [2.75, 3.05) is 24.5 Å². The van der Waals surface area contributed by atoms with Gasteiger partial charge in [-0.3, -0.25) is 4.79 Å². The van der Waals surface area contributed by atoms with Crippen LogP contribution in [-0.4, -0.2) is 25.5 Å².